The molecule has 0 aliphatic heterocycles. The number of carbonyl (C=O) groups excluding carboxylic acids is 3. The number of amides is 1. The van der Waals surface area contributed by atoms with Crippen molar-refractivity contribution in [2.24, 2.45) is 23.5 Å². The number of hydrogen-bond acceptors (Lipinski definition) is 9. The molecule has 230 valence electrons. The van der Waals surface area contributed by atoms with Gasteiger partial charge in [-0.1, -0.05) is 20.8 Å². The number of aliphatic hydroxyl groups is 3. The first-order chi connectivity index (χ1) is 19.4. The number of Topliss-reactive ketones (excluding diaryl/α,β-unsaturated/α-hetero) is 2. The van der Waals surface area contributed by atoms with Gasteiger partial charge in [0.05, 0.1) is 17.2 Å². The number of carbonyl (C=O) groups is 3. The number of phenols is 1. The van der Waals surface area contributed by atoms with E-state index in [2.05, 4.69) is 0 Å². The Hall–Kier alpha value is -3.42. The van der Waals surface area contributed by atoms with Crippen molar-refractivity contribution >= 4 is 23.2 Å². The molecule has 3 aliphatic carbocycles. The zero-order chi connectivity index (χ0) is 31.6. The highest BCUT2D eigenvalue weighted by Gasteiger charge is 2.64. The number of alkyl halides is 3. The number of nitrogens with two attached hydrogens (primary N) is 1. The number of aliphatic hydroxyl groups excluding tert-OH is 2. The third-order valence-electron chi connectivity index (χ3n) is 8.55. The molecule has 13 heteroatoms. The van der Waals surface area contributed by atoms with Gasteiger partial charge in [-0.2, -0.15) is 13.2 Å². The Morgan fingerprint density at radius 2 is 1.81 bits per heavy atom. The lowest BCUT2D eigenvalue weighted by Gasteiger charge is -2.50. The standard InChI is InChI=1S/C29H36F3N3O7/c1-6-35(10-12(2)3)11-14-9-17(36)19-15(21(14)29(30,31)32)7-13-8-16-22(34(4)5)24(38)20(27(33)41)26(40)28(16,42)25(39)18(13)23(19)37/h9,12-13,16,22,36-37,40,42H,6-8,10-11H2,1-5H3,(H2,33,41)/t13-,16-,22-,28-/m0/s1. The molecule has 1 saturated carbocycles. The highest BCUT2D eigenvalue weighted by Crippen LogP contribution is 2.54. The van der Waals surface area contributed by atoms with E-state index in [1.165, 1.54) is 19.0 Å². The van der Waals surface area contributed by atoms with Crippen molar-refractivity contribution in [1.29, 1.82) is 0 Å². The van der Waals surface area contributed by atoms with E-state index in [4.69, 9.17) is 5.73 Å². The van der Waals surface area contributed by atoms with Gasteiger partial charge in [0.2, 0.25) is 5.78 Å². The molecule has 1 amide bonds. The molecule has 0 saturated heterocycles. The highest BCUT2D eigenvalue weighted by molar-refractivity contribution is 6.24. The topological polar surface area (TPSA) is 165 Å². The summed E-state index contributed by atoms with van der Waals surface area (Å²) in [6, 6.07) is -0.408. The Kier molecular flexibility index (Phi) is 8.02. The second-order valence-corrected chi connectivity index (χ2v) is 12.0. The van der Waals surface area contributed by atoms with Crippen LogP contribution in [0.15, 0.2) is 23.0 Å². The van der Waals surface area contributed by atoms with E-state index in [1.807, 2.05) is 20.8 Å². The zero-order valence-corrected chi connectivity index (χ0v) is 24.0. The molecule has 0 aromatic heterocycles. The minimum atomic E-state index is -4.88. The number of hydrogen-bond donors (Lipinski definition) is 5. The molecule has 0 heterocycles. The lowest BCUT2D eigenvalue weighted by molar-refractivity contribution is -0.153. The van der Waals surface area contributed by atoms with Crippen LogP contribution in [-0.2, 0) is 33.5 Å². The first-order valence-corrected chi connectivity index (χ1v) is 13.7. The third kappa shape index (κ3) is 4.77. The Morgan fingerprint density at radius 1 is 1.19 bits per heavy atom. The summed E-state index contributed by atoms with van der Waals surface area (Å²) in [4.78, 5) is 42.3. The maximum Gasteiger partial charge on any atom is 0.417 e. The molecule has 4 atom stereocenters. The van der Waals surface area contributed by atoms with E-state index in [0.29, 0.717) is 13.1 Å². The second kappa shape index (κ2) is 10.7. The van der Waals surface area contributed by atoms with Crippen molar-refractivity contribution < 1.29 is 48.0 Å². The van der Waals surface area contributed by atoms with Crippen molar-refractivity contribution in [3.05, 3.63) is 45.2 Å². The van der Waals surface area contributed by atoms with Crippen LogP contribution in [0, 0.1) is 17.8 Å². The van der Waals surface area contributed by atoms with Gasteiger partial charge < -0.3 is 26.2 Å². The van der Waals surface area contributed by atoms with Gasteiger partial charge in [-0.25, -0.2) is 0 Å². The molecule has 1 fully saturated rings. The van der Waals surface area contributed by atoms with Crippen LogP contribution in [0.3, 0.4) is 0 Å². The molecule has 0 bridgehead atoms. The molecule has 4 rings (SSSR count). The molecule has 1 aromatic rings. The molecule has 42 heavy (non-hydrogen) atoms. The summed E-state index contributed by atoms with van der Waals surface area (Å²) >= 11 is 0. The van der Waals surface area contributed by atoms with Gasteiger partial charge in [0, 0.05) is 24.6 Å². The first-order valence-electron chi connectivity index (χ1n) is 13.7. The molecule has 1 aromatic carbocycles. The number of nitrogens with zero attached hydrogens (tertiary/aromatic N) is 2. The summed E-state index contributed by atoms with van der Waals surface area (Å²) in [6.07, 6.45) is -5.63. The zero-order valence-electron chi connectivity index (χ0n) is 24.0. The van der Waals surface area contributed by atoms with Crippen LogP contribution in [0.1, 0.15) is 49.4 Å². The Bertz CT molecular complexity index is 1420. The van der Waals surface area contributed by atoms with Gasteiger partial charge in [-0.05, 0) is 62.5 Å². The van der Waals surface area contributed by atoms with Crippen LogP contribution in [0.2, 0.25) is 0 Å². The van der Waals surface area contributed by atoms with Gasteiger partial charge in [0.15, 0.2) is 11.4 Å². The van der Waals surface area contributed by atoms with Gasteiger partial charge in [0.1, 0.15) is 22.8 Å². The van der Waals surface area contributed by atoms with E-state index in [-0.39, 0.29) is 24.4 Å². The summed E-state index contributed by atoms with van der Waals surface area (Å²) < 4.78 is 44.1. The van der Waals surface area contributed by atoms with Gasteiger partial charge in [-0.15, -0.1) is 0 Å². The fourth-order valence-corrected chi connectivity index (χ4v) is 6.92. The van der Waals surface area contributed by atoms with E-state index < -0.39 is 98.7 Å². The minimum Gasteiger partial charge on any atom is -0.508 e. The van der Waals surface area contributed by atoms with Crippen LogP contribution in [0.25, 0.3) is 5.76 Å². The summed E-state index contributed by atoms with van der Waals surface area (Å²) in [6.45, 7) is 6.50. The summed E-state index contributed by atoms with van der Waals surface area (Å²) in [5.74, 6) is -8.84. The maximum absolute atomic E-state index is 14.7. The fourth-order valence-electron chi connectivity index (χ4n) is 6.92. The largest absolute Gasteiger partial charge is 0.508 e. The lowest BCUT2D eigenvalue weighted by Crippen LogP contribution is -2.65. The Labute approximate surface area is 240 Å². The smallest absolute Gasteiger partial charge is 0.417 e. The van der Waals surface area contributed by atoms with Crippen LogP contribution in [0.5, 0.6) is 5.75 Å². The Morgan fingerprint density at radius 3 is 2.31 bits per heavy atom. The minimum absolute atomic E-state index is 0.126. The molecule has 0 spiro atoms. The number of primary amides is 1. The van der Waals surface area contributed by atoms with E-state index >= 15 is 0 Å². The quantitative estimate of drug-likeness (QED) is 0.298. The number of fused-ring (bicyclic) bond motifs is 3. The molecule has 3 aliphatic rings. The number of ketones is 2. The Balaban J connectivity index is 1.96. The average Bonchev–Trinajstić information content (AvgIpc) is 2.84. The van der Waals surface area contributed by atoms with Crippen LogP contribution >= 0.6 is 0 Å². The van der Waals surface area contributed by atoms with Crippen molar-refractivity contribution in [2.45, 2.75) is 58.0 Å². The van der Waals surface area contributed by atoms with Crippen LogP contribution in [0.4, 0.5) is 13.2 Å². The molecule has 6 N–H and O–H groups in total. The van der Waals surface area contributed by atoms with Gasteiger partial charge >= 0.3 is 6.18 Å². The predicted octanol–water partition coefficient (Wildman–Crippen LogP) is 2.46. The number of likely N-dealkylation sites (N-methyl/N-ethyl adjacent to an activating group) is 1. The highest BCUT2D eigenvalue weighted by atomic mass is 19.4. The lowest BCUT2D eigenvalue weighted by atomic mass is 9.57. The van der Waals surface area contributed by atoms with Gasteiger partial charge in [0.25, 0.3) is 5.91 Å². The predicted molar refractivity (Wildman–Crippen MR) is 145 cm³/mol. The number of halogens is 3. The van der Waals surface area contributed by atoms with Gasteiger partial charge in [-0.3, -0.25) is 24.2 Å². The second-order valence-electron chi connectivity index (χ2n) is 12.0. The molecule has 0 unspecified atom stereocenters. The number of rotatable bonds is 7. The number of benzene rings is 1. The van der Waals surface area contributed by atoms with Crippen LogP contribution in [-0.4, -0.2) is 86.5 Å². The number of aromatic hydroxyl groups is 1. The fraction of sp³-hybridized carbons (Fsp3) is 0.552. The van der Waals surface area contributed by atoms with E-state index in [1.54, 1.807) is 4.90 Å². The van der Waals surface area contributed by atoms with Crippen LogP contribution < -0.4 is 5.73 Å². The van der Waals surface area contributed by atoms with Crippen molar-refractivity contribution in [3.8, 4) is 5.75 Å². The van der Waals surface area contributed by atoms with Crippen molar-refractivity contribution in [1.82, 2.24) is 9.80 Å². The SMILES string of the molecule is CCN(Cc1cc(O)c2c(c1C(F)(F)F)C[C@H]1C[C@H]3[C@H](N(C)C)C(=O)C(C(N)=O)=C(O)[C@@]3(O)C(=O)C1=C2O)CC(C)C. The van der Waals surface area contributed by atoms with E-state index in [0.717, 1.165) is 6.07 Å². The summed E-state index contributed by atoms with van der Waals surface area (Å²) in [5, 5.41) is 44.7. The third-order valence-corrected chi connectivity index (χ3v) is 8.55. The normalized spacial score (nSPS) is 26.2. The molecular weight excluding hydrogens is 559 g/mol. The molecule has 10 nitrogen and oxygen atoms in total. The van der Waals surface area contributed by atoms with Crippen molar-refractivity contribution in [2.75, 3.05) is 27.2 Å². The monoisotopic (exact) mass is 595 g/mol. The maximum atomic E-state index is 14.7. The summed E-state index contributed by atoms with van der Waals surface area (Å²) in [5.41, 5.74) is -1.25. The first kappa shape index (κ1) is 31.5. The molecule has 0 radical (unpaired) electrons. The van der Waals surface area contributed by atoms with Crippen molar-refractivity contribution in [3.63, 3.8) is 0 Å². The summed E-state index contributed by atoms with van der Waals surface area (Å²) in [7, 11) is 2.88. The average molecular weight is 596 g/mol. The molecular formula is C29H36F3N3O7. The van der Waals surface area contributed by atoms with E-state index in [9.17, 15) is 48.0 Å². The number of phenolic OH excluding ortho intramolecular Hbond substituents is 1.